The van der Waals surface area contributed by atoms with E-state index in [0.717, 1.165) is 57.3 Å². The lowest BCUT2D eigenvalue weighted by Gasteiger charge is -2.38. The summed E-state index contributed by atoms with van der Waals surface area (Å²) in [6.07, 6.45) is 1.52. The van der Waals surface area contributed by atoms with Gasteiger partial charge in [-0.2, -0.15) is 0 Å². The molecule has 4 nitrogen and oxygen atoms in total. The normalized spacial score (nSPS) is 12.1. The first-order valence-corrected chi connectivity index (χ1v) is 13.1. The highest BCUT2D eigenvalue weighted by Crippen LogP contribution is 2.46. The molecule has 0 spiro atoms. The van der Waals surface area contributed by atoms with E-state index in [-0.39, 0.29) is 11.5 Å². The van der Waals surface area contributed by atoms with Gasteiger partial charge >= 0.3 is 0 Å². The molecule has 0 saturated carbocycles. The molecule has 0 saturated heterocycles. The lowest BCUT2D eigenvalue weighted by Crippen LogP contribution is -2.31. The molecule has 198 valence electrons. The van der Waals surface area contributed by atoms with E-state index in [2.05, 4.69) is 38.1 Å². The fourth-order valence-corrected chi connectivity index (χ4v) is 5.62. The van der Waals surface area contributed by atoms with E-state index in [1.54, 1.807) is 24.3 Å². The minimum atomic E-state index is -0.429. The summed E-state index contributed by atoms with van der Waals surface area (Å²) in [4.78, 5) is 0. The minimum absolute atomic E-state index is 0.219. The Morgan fingerprint density at radius 3 is 1.00 bits per heavy atom. The van der Waals surface area contributed by atoms with Crippen molar-refractivity contribution in [1.29, 1.82) is 0 Å². The molecule has 0 radical (unpaired) electrons. The predicted molar refractivity (Wildman–Crippen MR) is 154 cm³/mol. The lowest BCUT2D eigenvalue weighted by atomic mass is 9.65. The number of aromatic hydroxyl groups is 4. The average molecular weight is 511 g/mol. The fourth-order valence-electron chi connectivity index (χ4n) is 5.62. The first-order valence-electron chi connectivity index (χ1n) is 13.1. The fraction of sp³-hybridized carbons (Fsp3) is 0.294. The number of benzene rings is 4. The van der Waals surface area contributed by atoms with Gasteiger partial charge in [-0.05, 0) is 109 Å². The van der Waals surface area contributed by atoms with Crippen LogP contribution < -0.4 is 0 Å². The van der Waals surface area contributed by atoms with Crippen LogP contribution in [0.4, 0.5) is 0 Å². The topological polar surface area (TPSA) is 80.9 Å². The molecule has 0 aliphatic carbocycles. The Bertz CT molecular complexity index is 1300. The molecule has 0 unspecified atom stereocenters. The van der Waals surface area contributed by atoms with Crippen molar-refractivity contribution in [2.75, 3.05) is 0 Å². The SMILES string of the molecule is Cc1cc(C(C)(CCC(C)(c2ccc(O)cc2)c2ccc(O)cc2)c2cc(C)c(O)c(C)c2)cc(C)c1O. The minimum Gasteiger partial charge on any atom is -0.508 e. The average Bonchev–Trinajstić information content (AvgIpc) is 2.89. The highest BCUT2D eigenvalue weighted by molar-refractivity contribution is 5.52. The van der Waals surface area contributed by atoms with Crippen molar-refractivity contribution in [2.45, 2.75) is 65.2 Å². The van der Waals surface area contributed by atoms with Crippen LogP contribution in [0, 0.1) is 27.7 Å². The number of hydrogen-bond donors (Lipinski definition) is 4. The quantitative estimate of drug-likeness (QED) is 0.204. The number of hydrogen-bond acceptors (Lipinski definition) is 4. The van der Waals surface area contributed by atoms with Crippen molar-refractivity contribution in [3.05, 3.63) is 117 Å². The van der Waals surface area contributed by atoms with Gasteiger partial charge in [-0.1, -0.05) is 62.4 Å². The molecule has 0 atom stereocenters. The van der Waals surface area contributed by atoms with E-state index in [1.807, 2.05) is 52.0 Å². The molecular formula is C34H38O4. The molecule has 0 aromatic heterocycles. The number of phenolic OH excluding ortho intramolecular Hbond substituents is 4. The molecule has 0 aliphatic rings. The van der Waals surface area contributed by atoms with Gasteiger partial charge < -0.3 is 20.4 Å². The van der Waals surface area contributed by atoms with Gasteiger partial charge in [-0.3, -0.25) is 0 Å². The molecular weight excluding hydrogens is 472 g/mol. The third-order valence-electron chi connectivity index (χ3n) is 8.39. The zero-order chi connectivity index (χ0) is 27.8. The lowest BCUT2D eigenvalue weighted by molar-refractivity contribution is 0.408. The van der Waals surface area contributed by atoms with E-state index < -0.39 is 10.8 Å². The second-order valence-corrected chi connectivity index (χ2v) is 11.2. The summed E-state index contributed by atoms with van der Waals surface area (Å²) in [6, 6.07) is 23.0. The van der Waals surface area contributed by atoms with Crippen molar-refractivity contribution in [1.82, 2.24) is 0 Å². The van der Waals surface area contributed by atoms with E-state index >= 15 is 0 Å². The third-order valence-corrected chi connectivity index (χ3v) is 8.39. The smallest absolute Gasteiger partial charge is 0.121 e. The monoisotopic (exact) mass is 510 g/mol. The van der Waals surface area contributed by atoms with Gasteiger partial charge in [0.25, 0.3) is 0 Å². The van der Waals surface area contributed by atoms with Crippen molar-refractivity contribution in [2.24, 2.45) is 0 Å². The van der Waals surface area contributed by atoms with Gasteiger partial charge in [0.15, 0.2) is 0 Å². The first-order chi connectivity index (χ1) is 17.8. The molecule has 0 aliphatic heterocycles. The molecule has 0 bridgehead atoms. The Labute approximate surface area is 225 Å². The van der Waals surface area contributed by atoms with Gasteiger partial charge in [-0.25, -0.2) is 0 Å². The highest BCUT2D eigenvalue weighted by atomic mass is 16.3. The maximum Gasteiger partial charge on any atom is 0.121 e. The van der Waals surface area contributed by atoms with Crippen molar-refractivity contribution < 1.29 is 20.4 Å². The van der Waals surface area contributed by atoms with Crippen LogP contribution in [0.5, 0.6) is 23.0 Å². The Balaban J connectivity index is 1.88. The van der Waals surface area contributed by atoms with Crippen LogP contribution in [0.1, 0.15) is 71.2 Å². The highest BCUT2D eigenvalue weighted by Gasteiger charge is 2.36. The molecule has 38 heavy (non-hydrogen) atoms. The molecule has 4 aromatic carbocycles. The zero-order valence-corrected chi connectivity index (χ0v) is 23.1. The Hall–Kier alpha value is -3.92. The first kappa shape index (κ1) is 27.1. The Morgan fingerprint density at radius 1 is 0.447 bits per heavy atom. The number of rotatable bonds is 7. The van der Waals surface area contributed by atoms with E-state index in [1.165, 1.54) is 0 Å². The third kappa shape index (κ3) is 4.96. The Morgan fingerprint density at radius 2 is 0.711 bits per heavy atom. The Kier molecular flexibility index (Phi) is 7.20. The van der Waals surface area contributed by atoms with Crippen LogP contribution in [-0.2, 0) is 10.8 Å². The van der Waals surface area contributed by atoms with E-state index in [4.69, 9.17) is 0 Å². The zero-order valence-electron chi connectivity index (χ0n) is 23.1. The van der Waals surface area contributed by atoms with Crippen LogP contribution in [0.25, 0.3) is 0 Å². The van der Waals surface area contributed by atoms with Crippen molar-refractivity contribution in [3.63, 3.8) is 0 Å². The number of phenols is 4. The summed E-state index contributed by atoms with van der Waals surface area (Å²) in [5.41, 5.74) is 6.83. The molecule has 0 heterocycles. The molecule has 4 N–H and O–H groups in total. The summed E-state index contributed by atoms with van der Waals surface area (Å²) in [6.45, 7) is 12.1. The molecule has 0 amide bonds. The summed E-state index contributed by atoms with van der Waals surface area (Å²) in [7, 11) is 0. The van der Waals surface area contributed by atoms with E-state index in [9.17, 15) is 20.4 Å². The molecule has 4 rings (SSSR count). The van der Waals surface area contributed by atoms with Gasteiger partial charge in [-0.15, -0.1) is 0 Å². The second-order valence-electron chi connectivity index (χ2n) is 11.2. The van der Waals surface area contributed by atoms with Crippen LogP contribution >= 0.6 is 0 Å². The molecule has 4 heteroatoms. The maximum absolute atomic E-state index is 10.5. The maximum atomic E-state index is 10.5. The van der Waals surface area contributed by atoms with E-state index in [0.29, 0.717) is 11.5 Å². The molecule has 4 aromatic rings. The van der Waals surface area contributed by atoms with Crippen LogP contribution in [0.2, 0.25) is 0 Å². The summed E-state index contributed by atoms with van der Waals surface area (Å²) in [5.74, 6) is 1.06. The standard InChI is InChI=1S/C34H38O4/c1-21-17-27(18-22(2)31(21)37)34(6,28-19-23(3)32(38)24(4)20-28)16-15-33(5,25-7-11-29(35)12-8-25)26-9-13-30(36)14-10-26/h7-14,17-20,35-38H,15-16H2,1-6H3. The largest absolute Gasteiger partial charge is 0.508 e. The summed E-state index contributed by atoms with van der Waals surface area (Å²) in [5, 5.41) is 41.0. The summed E-state index contributed by atoms with van der Waals surface area (Å²) < 4.78 is 0. The number of aryl methyl sites for hydroxylation is 4. The van der Waals surface area contributed by atoms with Gasteiger partial charge in [0, 0.05) is 10.8 Å². The van der Waals surface area contributed by atoms with Crippen LogP contribution in [-0.4, -0.2) is 20.4 Å². The second kappa shape index (κ2) is 10.1. The van der Waals surface area contributed by atoms with Gasteiger partial charge in [0.1, 0.15) is 23.0 Å². The van der Waals surface area contributed by atoms with Crippen molar-refractivity contribution in [3.8, 4) is 23.0 Å². The van der Waals surface area contributed by atoms with Crippen LogP contribution in [0.15, 0.2) is 72.8 Å². The van der Waals surface area contributed by atoms with Gasteiger partial charge in [0.2, 0.25) is 0 Å². The van der Waals surface area contributed by atoms with Gasteiger partial charge in [0.05, 0.1) is 0 Å². The predicted octanol–water partition coefficient (Wildman–Crippen LogP) is 7.84. The van der Waals surface area contributed by atoms with Crippen LogP contribution in [0.3, 0.4) is 0 Å². The molecule has 0 fully saturated rings. The van der Waals surface area contributed by atoms with Crippen molar-refractivity contribution >= 4 is 0 Å². The summed E-state index contributed by atoms with van der Waals surface area (Å²) >= 11 is 0.